The fourth-order valence-electron chi connectivity index (χ4n) is 1.83. The first-order valence-corrected chi connectivity index (χ1v) is 7.27. The summed E-state index contributed by atoms with van der Waals surface area (Å²) in [4.78, 5) is 11.0. The topological polar surface area (TPSA) is 41.0 Å². The van der Waals surface area contributed by atoms with Gasteiger partial charge in [-0.1, -0.05) is 27.7 Å². The average Bonchev–Trinajstić information content (AvgIpc) is 2.38. The number of anilines is 2. The van der Waals surface area contributed by atoms with Crippen LogP contribution in [0.4, 0.5) is 11.6 Å². The van der Waals surface area contributed by atoms with Crippen LogP contribution in [-0.2, 0) is 0 Å². The minimum absolute atomic E-state index is 0.715. The molecule has 0 saturated heterocycles. The van der Waals surface area contributed by atoms with E-state index in [0.29, 0.717) is 11.8 Å². The highest BCUT2D eigenvalue weighted by atomic mass is 15.2. The Morgan fingerprint density at radius 3 is 2.11 bits per heavy atom. The molecule has 4 heteroatoms. The molecular formula is C15H28N4. The van der Waals surface area contributed by atoms with Crippen LogP contribution in [0.1, 0.15) is 40.5 Å². The fraction of sp³-hybridized carbons (Fsp3) is 0.733. The molecule has 0 aliphatic heterocycles. The van der Waals surface area contributed by atoms with Gasteiger partial charge in [-0.05, 0) is 24.7 Å². The van der Waals surface area contributed by atoms with Crippen LogP contribution in [0.15, 0.2) is 12.4 Å². The van der Waals surface area contributed by atoms with Crippen molar-refractivity contribution in [1.82, 2.24) is 9.97 Å². The number of hydrogen-bond donors (Lipinski definition) is 1. The smallest absolute Gasteiger partial charge is 0.134 e. The normalized spacial score (nSPS) is 11.1. The van der Waals surface area contributed by atoms with Crippen LogP contribution in [-0.4, -0.2) is 30.1 Å². The molecule has 0 aliphatic carbocycles. The van der Waals surface area contributed by atoms with Crippen molar-refractivity contribution in [2.45, 2.75) is 40.5 Å². The van der Waals surface area contributed by atoms with Crippen molar-refractivity contribution >= 4 is 11.6 Å². The molecule has 1 aromatic rings. The number of nitrogens with one attached hydrogen (secondary N) is 1. The van der Waals surface area contributed by atoms with Gasteiger partial charge in [-0.3, -0.25) is 0 Å². The molecule has 4 nitrogen and oxygen atoms in total. The summed E-state index contributed by atoms with van der Waals surface area (Å²) in [6, 6.07) is 2.03. The minimum atomic E-state index is 0.715. The summed E-state index contributed by atoms with van der Waals surface area (Å²) in [6.07, 6.45) is 4.02. The van der Waals surface area contributed by atoms with Gasteiger partial charge in [0, 0.05) is 26.2 Å². The van der Waals surface area contributed by atoms with Gasteiger partial charge in [-0.2, -0.15) is 0 Å². The predicted molar refractivity (Wildman–Crippen MR) is 82.7 cm³/mol. The van der Waals surface area contributed by atoms with E-state index in [0.717, 1.165) is 24.7 Å². The Labute approximate surface area is 117 Å². The molecule has 0 aliphatic rings. The highest BCUT2D eigenvalue weighted by molar-refractivity contribution is 5.47. The molecule has 0 saturated carbocycles. The van der Waals surface area contributed by atoms with Crippen molar-refractivity contribution in [2.24, 2.45) is 11.8 Å². The summed E-state index contributed by atoms with van der Waals surface area (Å²) >= 11 is 0. The highest BCUT2D eigenvalue weighted by Crippen LogP contribution is 2.17. The lowest BCUT2D eigenvalue weighted by Gasteiger charge is -2.25. The summed E-state index contributed by atoms with van der Waals surface area (Å²) in [5.74, 6) is 3.34. The van der Waals surface area contributed by atoms with Crippen LogP contribution < -0.4 is 10.2 Å². The Balaban J connectivity index is 2.74. The van der Waals surface area contributed by atoms with E-state index in [1.54, 1.807) is 6.33 Å². The van der Waals surface area contributed by atoms with Crippen molar-refractivity contribution in [3.05, 3.63) is 12.4 Å². The van der Waals surface area contributed by atoms with Crippen LogP contribution in [0.5, 0.6) is 0 Å². The molecule has 1 aromatic heterocycles. The quantitative estimate of drug-likeness (QED) is 0.781. The van der Waals surface area contributed by atoms with Gasteiger partial charge < -0.3 is 10.2 Å². The Bertz CT molecular complexity index is 351. The third kappa shape index (κ3) is 5.90. The van der Waals surface area contributed by atoms with Gasteiger partial charge in [0.15, 0.2) is 0 Å². The first-order valence-electron chi connectivity index (χ1n) is 7.27. The number of hydrogen-bond acceptors (Lipinski definition) is 4. The second-order valence-electron chi connectivity index (χ2n) is 5.86. The van der Waals surface area contributed by atoms with Crippen LogP contribution in [0.25, 0.3) is 0 Å². The lowest BCUT2D eigenvalue weighted by Crippen LogP contribution is -2.28. The third-order valence-corrected chi connectivity index (χ3v) is 3.19. The molecule has 1 rings (SSSR count). The molecule has 0 aromatic carbocycles. The largest absolute Gasteiger partial charge is 0.373 e. The van der Waals surface area contributed by atoms with Gasteiger partial charge in [0.25, 0.3) is 0 Å². The van der Waals surface area contributed by atoms with E-state index in [1.807, 2.05) is 13.1 Å². The van der Waals surface area contributed by atoms with Crippen molar-refractivity contribution in [2.75, 3.05) is 30.4 Å². The summed E-state index contributed by atoms with van der Waals surface area (Å²) < 4.78 is 0. The molecule has 0 bridgehead atoms. The zero-order valence-electron chi connectivity index (χ0n) is 13.0. The van der Waals surface area contributed by atoms with Gasteiger partial charge in [-0.25, -0.2) is 9.97 Å². The van der Waals surface area contributed by atoms with E-state index < -0.39 is 0 Å². The molecular weight excluding hydrogens is 236 g/mol. The maximum absolute atomic E-state index is 4.42. The molecule has 0 atom stereocenters. The maximum Gasteiger partial charge on any atom is 0.134 e. The van der Waals surface area contributed by atoms with E-state index in [4.69, 9.17) is 0 Å². The van der Waals surface area contributed by atoms with Crippen molar-refractivity contribution in [3.63, 3.8) is 0 Å². The lowest BCUT2D eigenvalue weighted by atomic mass is 10.1. The van der Waals surface area contributed by atoms with Gasteiger partial charge >= 0.3 is 0 Å². The van der Waals surface area contributed by atoms with E-state index in [9.17, 15) is 0 Å². The molecule has 108 valence electrons. The van der Waals surface area contributed by atoms with E-state index in [1.165, 1.54) is 12.8 Å². The molecule has 1 heterocycles. The minimum Gasteiger partial charge on any atom is -0.373 e. The zero-order chi connectivity index (χ0) is 14.3. The summed E-state index contributed by atoms with van der Waals surface area (Å²) in [5, 5.41) is 3.07. The van der Waals surface area contributed by atoms with Crippen LogP contribution in [0, 0.1) is 11.8 Å². The molecule has 1 N–H and O–H groups in total. The van der Waals surface area contributed by atoms with Crippen molar-refractivity contribution < 1.29 is 0 Å². The fourth-order valence-corrected chi connectivity index (χ4v) is 1.83. The second-order valence-corrected chi connectivity index (χ2v) is 5.86. The summed E-state index contributed by atoms with van der Waals surface area (Å²) in [5.41, 5.74) is 0. The second kappa shape index (κ2) is 7.97. The Kier molecular flexibility index (Phi) is 6.60. The molecule has 0 amide bonds. The first-order chi connectivity index (χ1) is 9.02. The Morgan fingerprint density at radius 2 is 1.63 bits per heavy atom. The highest BCUT2D eigenvalue weighted by Gasteiger charge is 2.10. The van der Waals surface area contributed by atoms with Crippen molar-refractivity contribution in [3.8, 4) is 0 Å². The third-order valence-electron chi connectivity index (χ3n) is 3.19. The van der Waals surface area contributed by atoms with Gasteiger partial charge in [0.1, 0.15) is 18.0 Å². The first kappa shape index (κ1) is 15.7. The van der Waals surface area contributed by atoms with Crippen LogP contribution in [0.3, 0.4) is 0 Å². The standard InChI is InChI=1S/C15H28N4/c1-12(2)6-8-19(9-7-13(3)4)15-10-14(16-5)17-11-18-15/h10-13H,6-9H2,1-5H3,(H,16,17,18). The van der Waals surface area contributed by atoms with Gasteiger partial charge in [-0.15, -0.1) is 0 Å². The van der Waals surface area contributed by atoms with Gasteiger partial charge in [0.2, 0.25) is 0 Å². The summed E-state index contributed by atoms with van der Waals surface area (Å²) in [6.45, 7) is 11.2. The molecule has 0 spiro atoms. The molecule has 0 fully saturated rings. The predicted octanol–water partition coefficient (Wildman–Crippen LogP) is 3.42. The number of nitrogens with zero attached hydrogens (tertiary/aromatic N) is 3. The monoisotopic (exact) mass is 264 g/mol. The maximum atomic E-state index is 4.42. The van der Waals surface area contributed by atoms with Crippen LogP contribution >= 0.6 is 0 Å². The number of rotatable bonds is 8. The molecule has 0 unspecified atom stereocenters. The van der Waals surface area contributed by atoms with E-state index >= 15 is 0 Å². The van der Waals surface area contributed by atoms with E-state index in [2.05, 4.69) is 47.9 Å². The zero-order valence-corrected chi connectivity index (χ0v) is 13.0. The van der Waals surface area contributed by atoms with E-state index in [-0.39, 0.29) is 0 Å². The molecule has 0 radical (unpaired) electrons. The Morgan fingerprint density at radius 1 is 1.05 bits per heavy atom. The SMILES string of the molecule is CNc1cc(N(CCC(C)C)CCC(C)C)ncn1. The molecule has 19 heavy (non-hydrogen) atoms. The Hall–Kier alpha value is -1.32. The van der Waals surface area contributed by atoms with Crippen LogP contribution in [0.2, 0.25) is 0 Å². The van der Waals surface area contributed by atoms with Gasteiger partial charge in [0.05, 0.1) is 0 Å². The van der Waals surface area contributed by atoms with Crippen molar-refractivity contribution in [1.29, 1.82) is 0 Å². The average molecular weight is 264 g/mol. The summed E-state index contributed by atoms with van der Waals surface area (Å²) in [7, 11) is 1.89. The number of aromatic nitrogens is 2. The lowest BCUT2D eigenvalue weighted by molar-refractivity contribution is 0.533.